The van der Waals surface area contributed by atoms with E-state index in [-0.39, 0.29) is 28.7 Å². The van der Waals surface area contributed by atoms with Crippen LogP contribution >= 0.6 is 0 Å². The van der Waals surface area contributed by atoms with Gasteiger partial charge in [0.2, 0.25) is 20.0 Å². The molecule has 1 saturated heterocycles. The number of piperazine rings is 1. The Morgan fingerprint density at radius 2 is 1.76 bits per heavy atom. The molecule has 0 bridgehead atoms. The molecule has 3 N–H and O–H groups in total. The minimum atomic E-state index is -3.88. The number of hydrogen-bond acceptors (Lipinski definition) is 7. The first-order chi connectivity index (χ1) is 15.6. The van der Waals surface area contributed by atoms with E-state index in [9.17, 15) is 21.6 Å². The summed E-state index contributed by atoms with van der Waals surface area (Å²) in [6.07, 6.45) is -0.194. The standard InChI is InChI=1S/C20H23N5O6S2/c1-3-4-16-14-24(33(30,31)18-9-10-19(22-13-18)23-20(26)27)11-12-25(16)15-5-7-17(8-6-15)32(28,29)21-2/h5-10,13,16,21H,11-12,14H2,1-2H3,(H,22,23)(H,26,27)/t16-/m0/s1. The summed E-state index contributed by atoms with van der Waals surface area (Å²) in [5.74, 6) is 5.86. The van der Waals surface area contributed by atoms with Crippen LogP contribution in [0.25, 0.3) is 0 Å². The van der Waals surface area contributed by atoms with Gasteiger partial charge in [0.25, 0.3) is 0 Å². The molecule has 1 fully saturated rings. The van der Waals surface area contributed by atoms with Crippen LogP contribution in [0.1, 0.15) is 6.92 Å². The number of benzene rings is 1. The molecule has 0 spiro atoms. The first kappa shape index (κ1) is 24.5. The van der Waals surface area contributed by atoms with Crippen LogP contribution in [-0.4, -0.2) is 70.0 Å². The van der Waals surface area contributed by atoms with Crippen molar-refractivity contribution in [1.29, 1.82) is 0 Å². The highest BCUT2D eigenvalue weighted by Crippen LogP contribution is 2.26. The van der Waals surface area contributed by atoms with E-state index in [2.05, 4.69) is 26.9 Å². The van der Waals surface area contributed by atoms with Gasteiger partial charge in [-0.25, -0.2) is 31.3 Å². The Hall–Kier alpha value is -3.18. The molecule has 2 heterocycles. The number of nitrogens with zero attached hydrogens (tertiary/aromatic N) is 3. The van der Waals surface area contributed by atoms with E-state index < -0.39 is 32.2 Å². The molecule has 11 nitrogen and oxygen atoms in total. The van der Waals surface area contributed by atoms with Gasteiger partial charge in [0.15, 0.2) is 0 Å². The van der Waals surface area contributed by atoms with Crippen molar-refractivity contribution in [3.8, 4) is 11.8 Å². The van der Waals surface area contributed by atoms with E-state index >= 15 is 0 Å². The molecule has 1 amide bonds. The van der Waals surface area contributed by atoms with E-state index in [1.54, 1.807) is 19.1 Å². The zero-order chi connectivity index (χ0) is 24.2. The molecule has 33 heavy (non-hydrogen) atoms. The summed E-state index contributed by atoms with van der Waals surface area (Å²) in [5.41, 5.74) is 0.723. The first-order valence-electron chi connectivity index (χ1n) is 9.77. The number of amides is 1. The molecule has 0 radical (unpaired) electrons. The number of aromatic nitrogens is 1. The van der Waals surface area contributed by atoms with Crippen molar-refractivity contribution in [2.24, 2.45) is 0 Å². The smallest absolute Gasteiger partial charge is 0.410 e. The molecule has 13 heteroatoms. The quantitative estimate of drug-likeness (QED) is 0.504. The van der Waals surface area contributed by atoms with E-state index in [0.29, 0.717) is 6.54 Å². The van der Waals surface area contributed by atoms with E-state index in [0.717, 1.165) is 11.9 Å². The van der Waals surface area contributed by atoms with Crippen LogP contribution in [-0.2, 0) is 20.0 Å². The lowest BCUT2D eigenvalue weighted by Gasteiger charge is -2.39. The summed E-state index contributed by atoms with van der Waals surface area (Å²) < 4.78 is 53.7. The van der Waals surface area contributed by atoms with Crippen LogP contribution in [0.15, 0.2) is 52.4 Å². The molecule has 3 rings (SSSR count). The predicted molar refractivity (Wildman–Crippen MR) is 122 cm³/mol. The van der Waals surface area contributed by atoms with E-state index in [1.165, 1.54) is 35.6 Å². The van der Waals surface area contributed by atoms with Crippen LogP contribution in [0, 0.1) is 11.8 Å². The van der Waals surface area contributed by atoms with Gasteiger partial charge in [-0.15, -0.1) is 5.92 Å². The third-order valence-electron chi connectivity index (χ3n) is 5.01. The minimum absolute atomic E-state index is 0.0183. The average molecular weight is 494 g/mol. The summed E-state index contributed by atoms with van der Waals surface area (Å²) in [5, 5.41) is 10.8. The monoisotopic (exact) mass is 493 g/mol. The molecule has 2 aromatic rings. The highest BCUT2D eigenvalue weighted by atomic mass is 32.2. The molecule has 1 aliphatic rings. The molecular weight excluding hydrogens is 470 g/mol. The van der Waals surface area contributed by atoms with Crippen LogP contribution in [0.5, 0.6) is 0 Å². The molecule has 1 aromatic carbocycles. The minimum Gasteiger partial charge on any atom is -0.465 e. The molecule has 0 unspecified atom stereocenters. The Morgan fingerprint density at radius 1 is 1.09 bits per heavy atom. The zero-order valence-electron chi connectivity index (χ0n) is 17.9. The fourth-order valence-corrected chi connectivity index (χ4v) is 5.49. The third-order valence-corrected chi connectivity index (χ3v) is 8.29. The van der Waals surface area contributed by atoms with E-state index in [4.69, 9.17) is 5.11 Å². The van der Waals surface area contributed by atoms with Gasteiger partial charge in [-0.05, 0) is 50.4 Å². The van der Waals surface area contributed by atoms with Crippen molar-refractivity contribution in [1.82, 2.24) is 14.0 Å². The maximum absolute atomic E-state index is 13.1. The number of carbonyl (C=O) groups is 1. The fraction of sp³-hybridized carbons (Fsp3) is 0.300. The third kappa shape index (κ3) is 5.42. The number of rotatable bonds is 6. The molecule has 0 aliphatic carbocycles. The normalized spacial score (nSPS) is 17.2. The molecule has 0 saturated carbocycles. The number of carboxylic acid groups (broad SMARTS) is 1. The van der Waals surface area contributed by atoms with Crippen LogP contribution < -0.4 is 14.9 Å². The summed E-state index contributed by atoms with van der Waals surface area (Å²) in [6.45, 7) is 2.26. The second-order valence-electron chi connectivity index (χ2n) is 6.98. The first-order valence-corrected chi connectivity index (χ1v) is 12.7. The summed E-state index contributed by atoms with van der Waals surface area (Å²) in [4.78, 5) is 16.5. The van der Waals surface area contributed by atoms with Crippen molar-refractivity contribution in [3.05, 3.63) is 42.6 Å². The van der Waals surface area contributed by atoms with Crippen molar-refractivity contribution >= 4 is 37.6 Å². The molecular formula is C20H23N5O6S2. The lowest BCUT2D eigenvalue weighted by Crippen LogP contribution is -2.54. The van der Waals surface area contributed by atoms with Gasteiger partial charge >= 0.3 is 6.09 Å². The number of anilines is 2. The molecule has 1 aliphatic heterocycles. The largest absolute Gasteiger partial charge is 0.465 e. The molecule has 1 aromatic heterocycles. The lowest BCUT2D eigenvalue weighted by molar-refractivity contribution is 0.209. The fourth-order valence-electron chi connectivity index (χ4n) is 3.38. The summed E-state index contributed by atoms with van der Waals surface area (Å²) >= 11 is 0. The van der Waals surface area contributed by atoms with Crippen molar-refractivity contribution in [3.63, 3.8) is 0 Å². The van der Waals surface area contributed by atoms with E-state index in [1.807, 2.05) is 4.90 Å². The Bertz CT molecular complexity index is 1280. The van der Waals surface area contributed by atoms with Crippen molar-refractivity contribution < 1.29 is 26.7 Å². The Kier molecular flexibility index (Phi) is 7.23. The predicted octanol–water partition coefficient (Wildman–Crippen LogP) is 0.982. The molecule has 176 valence electrons. The van der Waals surface area contributed by atoms with Gasteiger partial charge in [0.1, 0.15) is 16.8 Å². The van der Waals surface area contributed by atoms with Gasteiger partial charge in [0.05, 0.1) is 4.90 Å². The summed E-state index contributed by atoms with van der Waals surface area (Å²) in [7, 11) is -6.11. The highest BCUT2D eigenvalue weighted by molar-refractivity contribution is 7.89. The lowest BCUT2D eigenvalue weighted by atomic mass is 10.1. The second-order valence-corrected chi connectivity index (χ2v) is 10.8. The Balaban J connectivity index is 1.81. The second kappa shape index (κ2) is 9.75. The van der Waals surface area contributed by atoms with Crippen LogP contribution in [0.4, 0.5) is 16.3 Å². The average Bonchev–Trinajstić information content (AvgIpc) is 2.79. The number of nitrogens with one attached hydrogen (secondary N) is 2. The van der Waals surface area contributed by atoms with Gasteiger partial charge in [-0.1, -0.05) is 5.92 Å². The van der Waals surface area contributed by atoms with Gasteiger partial charge < -0.3 is 10.0 Å². The highest BCUT2D eigenvalue weighted by Gasteiger charge is 2.34. The van der Waals surface area contributed by atoms with Crippen molar-refractivity contribution in [2.75, 3.05) is 36.9 Å². The number of sulfonamides is 2. The maximum atomic E-state index is 13.1. The summed E-state index contributed by atoms with van der Waals surface area (Å²) in [6, 6.07) is 8.42. The van der Waals surface area contributed by atoms with Crippen LogP contribution in [0.2, 0.25) is 0 Å². The topological polar surface area (TPSA) is 149 Å². The van der Waals surface area contributed by atoms with Gasteiger partial charge in [-0.2, -0.15) is 4.31 Å². The van der Waals surface area contributed by atoms with Crippen molar-refractivity contribution in [2.45, 2.75) is 22.8 Å². The van der Waals surface area contributed by atoms with Gasteiger partial charge in [-0.3, -0.25) is 5.32 Å². The van der Waals surface area contributed by atoms with Crippen LogP contribution in [0.3, 0.4) is 0 Å². The number of pyridine rings is 1. The molecule has 1 atom stereocenters. The zero-order valence-corrected chi connectivity index (χ0v) is 19.5. The SMILES string of the molecule is CC#C[C@H]1CN(S(=O)(=O)c2ccc(NC(=O)O)nc2)CCN1c1ccc(S(=O)(=O)NC)cc1. The van der Waals surface area contributed by atoms with Gasteiger partial charge in [0, 0.05) is 31.5 Å². The Labute approximate surface area is 192 Å². The Morgan fingerprint density at radius 3 is 2.30 bits per heavy atom. The number of hydrogen-bond donors (Lipinski definition) is 3. The maximum Gasteiger partial charge on any atom is 0.410 e.